The molecule has 32 heavy (non-hydrogen) atoms. The highest BCUT2D eigenvalue weighted by Crippen LogP contribution is 2.34. The van der Waals surface area contributed by atoms with Crippen molar-refractivity contribution in [3.63, 3.8) is 0 Å². The highest BCUT2D eigenvalue weighted by Gasteiger charge is 2.15. The molecule has 0 amide bonds. The predicted octanol–water partition coefficient (Wildman–Crippen LogP) is 7.21. The lowest BCUT2D eigenvalue weighted by Gasteiger charge is -2.17. The van der Waals surface area contributed by atoms with Crippen LogP contribution in [-0.4, -0.2) is 36.7 Å². The number of halogens is 1. The van der Waals surface area contributed by atoms with Crippen LogP contribution in [0.3, 0.4) is 0 Å². The molecule has 4 aromatic rings. The Hall–Kier alpha value is -2.82. The van der Waals surface area contributed by atoms with Gasteiger partial charge in [-0.1, -0.05) is 46.3 Å². The van der Waals surface area contributed by atoms with Crippen LogP contribution in [0.1, 0.15) is 12.0 Å². The van der Waals surface area contributed by atoms with E-state index in [1.807, 2.05) is 0 Å². The Balaban J connectivity index is 1.68. The number of aryl methyl sites for hydroxylation is 1. The number of nitrogens with zero attached hydrogens (tertiary/aromatic N) is 2. The standard InChI is InChI=1S/C28H29BrN2O/c1-21-7-4-5-8-26(21)31-27(22-9-13-24(29)14-10-22)17-18-28(31)23-11-15-25(16-12-23)32-20-6-19-30(2)3/h4-5,7-18H,6,19-20H2,1-3H3. The number of rotatable bonds is 8. The van der Waals surface area contributed by atoms with Gasteiger partial charge in [0.05, 0.1) is 18.0 Å². The quantitative estimate of drug-likeness (QED) is 0.243. The normalized spacial score (nSPS) is 11.2. The maximum atomic E-state index is 5.93. The second-order valence-electron chi connectivity index (χ2n) is 8.26. The van der Waals surface area contributed by atoms with Crippen LogP contribution in [0, 0.1) is 6.92 Å². The summed E-state index contributed by atoms with van der Waals surface area (Å²) in [4.78, 5) is 2.18. The van der Waals surface area contributed by atoms with Crippen LogP contribution in [0.4, 0.5) is 0 Å². The molecule has 0 atom stereocenters. The minimum absolute atomic E-state index is 0.727. The minimum Gasteiger partial charge on any atom is -0.494 e. The molecular formula is C28H29BrN2O. The largest absolute Gasteiger partial charge is 0.494 e. The summed E-state index contributed by atoms with van der Waals surface area (Å²) in [5, 5.41) is 0. The smallest absolute Gasteiger partial charge is 0.119 e. The Morgan fingerprint density at radius 2 is 1.38 bits per heavy atom. The van der Waals surface area contributed by atoms with Crippen LogP contribution in [0.2, 0.25) is 0 Å². The Kier molecular flexibility index (Phi) is 7.13. The van der Waals surface area contributed by atoms with Gasteiger partial charge in [0.15, 0.2) is 0 Å². The Morgan fingerprint density at radius 3 is 1.97 bits per heavy atom. The fourth-order valence-electron chi connectivity index (χ4n) is 3.87. The molecule has 164 valence electrons. The molecule has 0 unspecified atom stereocenters. The van der Waals surface area contributed by atoms with Gasteiger partial charge < -0.3 is 14.2 Å². The summed E-state index contributed by atoms with van der Waals surface area (Å²) in [5.41, 5.74) is 7.11. The highest BCUT2D eigenvalue weighted by atomic mass is 79.9. The molecule has 0 N–H and O–H groups in total. The lowest BCUT2D eigenvalue weighted by molar-refractivity contribution is 0.281. The summed E-state index contributed by atoms with van der Waals surface area (Å²) >= 11 is 3.55. The summed E-state index contributed by atoms with van der Waals surface area (Å²) in [7, 11) is 4.17. The van der Waals surface area contributed by atoms with E-state index in [1.165, 1.54) is 22.5 Å². The first-order chi connectivity index (χ1) is 15.5. The van der Waals surface area contributed by atoms with Gasteiger partial charge in [-0.15, -0.1) is 0 Å². The fraction of sp³-hybridized carbons (Fsp3) is 0.214. The Morgan fingerprint density at radius 1 is 0.781 bits per heavy atom. The number of hydrogen-bond acceptors (Lipinski definition) is 2. The number of ether oxygens (including phenoxy) is 1. The molecule has 0 saturated carbocycles. The molecule has 4 rings (SSSR count). The zero-order valence-corrected chi connectivity index (χ0v) is 20.5. The van der Waals surface area contributed by atoms with Crippen molar-refractivity contribution in [3.8, 4) is 34.0 Å². The molecule has 0 radical (unpaired) electrons. The lowest BCUT2D eigenvalue weighted by atomic mass is 10.1. The van der Waals surface area contributed by atoms with Gasteiger partial charge in [-0.2, -0.15) is 0 Å². The summed E-state index contributed by atoms with van der Waals surface area (Å²) in [6.07, 6.45) is 1.02. The second kappa shape index (κ2) is 10.2. The van der Waals surface area contributed by atoms with Gasteiger partial charge in [0.2, 0.25) is 0 Å². The van der Waals surface area contributed by atoms with Crippen LogP contribution >= 0.6 is 15.9 Å². The van der Waals surface area contributed by atoms with Gasteiger partial charge in [-0.3, -0.25) is 0 Å². The van der Waals surface area contributed by atoms with Gasteiger partial charge in [-0.25, -0.2) is 0 Å². The van der Waals surface area contributed by atoms with Crippen molar-refractivity contribution >= 4 is 15.9 Å². The van der Waals surface area contributed by atoms with Gasteiger partial charge in [-0.05, 0) is 98.7 Å². The van der Waals surface area contributed by atoms with E-state index in [0.29, 0.717) is 0 Å². The monoisotopic (exact) mass is 488 g/mol. The maximum Gasteiger partial charge on any atom is 0.119 e. The average molecular weight is 489 g/mol. The molecule has 0 bridgehead atoms. The third kappa shape index (κ3) is 5.14. The van der Waals surface area contributed by atoms with Gasteiger partial charge >= 0.3 is 0 Å². The summed E-state index contributed by atoms with van der Waals surface area (Å²) in [5.74, 6) is 0.912. The predicted molar refractivity (Wildman–Crippen MR) is 138 cm³/mol. The molecular weight excluding hydrogens is 460 g/mol. The molecule has 0 aliphatic heterocycles. The SMILES string of the molecule is Cc1ccccc1-n1c(-c2ccc(Br)cc2)ccc1-c1ccc(OCCCN(C)C)cc1. The molecule has 1 heterocycles. The van der Waals surface area contributed by atoms with Crippen LogP contribution < -0.4 is 4.74 Å². The maximum absolute atomic E-state index is 5.93. The second-order valence-corrected chi connectivity index (χ2v) is 9.18. The van der Waals surface area contributed by atoms with E-state index in [4.69, 9.17) is 4.74 Å². The van der Waals surface area contributed by atoms with Crippen molar-refractivity contribution < 1.29 is 4.74 Å². The van der Waals surface area contributed by atoms with Crippen molar-refractivity contribution in [3.05, 3.63) is 95.0 Å². The molecule has 0 spiro atoms. The first-order valence-electron chi connectivity index (χ1n) is 10.9. The first kappa shape index (κ1) is 22.4. The van der Waals surface area contributed by atoms with Crippen molar-refractivity contribution in [2.75, 3.05) is 27.2 Å². The van der Waals surface area contributed by atoms with E-state index in [0.717, 1.165) is 41.1 Å². The zero-order valence-electron chi connectivity index (χ0n) is 18.9. The van der Waals surface area contributed by atoms with Gasteiger partial charge in [0, 0.05) is 16.7 Å². The molecule has 4 heteroatoms. The summed E-state index contributed by atoms with van der Waals surface area (Å²) in [6, 6.07) is 29.9. The molecule has 0 aliphatic rings. The Bertz CT molecular complexity index is 1160. The van der Waals surface area contributed by atoms with E-state index in [2.05, 4.69) is 131 Å². The molecule has 0 saturated heterocycles. The summed E-state index contributed by atoms with van der Waals surface area (Å²) < 4.78 is 9.36. The van der Waals surface area contributed by atoms with Crippen LogP contribution in [0.15, 0.2) is 89.4 Å². The number of aromatic nitrogens is 1. The number of para-hydroxylation sites is 1. The van der Waals surface area contributed by atoms with E-state index < -0.39 is 0 Å². The van der Waals surface area contributed by atoms with Crippen LogP contribution in [0.5, 0.6) is 5.75 Å². The van der Waals surface area contributed by atoms with Crippen LogP contribution in [-0.2, 0) is 0 Å². The topological polar surface area (TPSA) is 17.4 Å². The fourth-order valence-corrected chi connectivity index (χ4v) is 4.14. The van der Waals surface area contributed by atoms with E-state index >= 15 is 0 Å². The van der Waals surface area contributed by atoms with E-state index in [-0.39, 0.29) is 0 Å². The van der Waals surface area contributed by atoms with Crippen molar-refractivity contribution in [1.82, 2.24) is 9.47 Å². The van der Waals surface area contributed by atoms with Crippen molar-refractivity contribution in [2.45, 2.75) is 13.3 Å². The molecule has 0 fully saturated rings. The first-order valence-corrected chi connectivity index (χ1v) is 11.7. The Labute approximate surface area is 199 Å². The third-order valence-electron chi connectivity index (χ3n) is 5.55. The summed E-state index contributed by atoms with van der Waals surface area (Å²) in [6.45, 7) is 3.92. The molecule has 1 aromatic heterocycles. The molecule has 3 nitrogen and oxygen atoms in total. The third-order valence-corrected chi connectivity index (χ3v) is 6.07. The number of benzene rings is 3. The zero-order chi connectivity index (χ0) is 22.5. The van der Waals surface area contributed by atoms with Crippen molar-refractivity contribution in [2.24, 2.45) is 0 Å². The van der Waals surface area contributed by atoms with Gasteiger partial charge in [0.25, 0.3) is 0 Å². The van der Waals surface area contributed by atoms with E-state index in [9.17, 15) is 0 Å². The molecule has 3 aromatic carbocycles. The highest BCUT2D eigenvalue weighted by molar-refractivity contribution is 9.10. The lowest BCUT2D eigenvalue weighted by Crippen LogP contribution is -2.15. The van der Waals surface area contributed by atoms with Crippen molar-refractivity contribution in [1.29, 1.82) is 0 Å². The minimum atomic E-state index is 0.727. The number of hydrogen-bond donors (Lipinski definition) is 0. The van der Waals surface area contributed by atoms with E-state index in [1.54, 1.807) is 0 Å². The molecule has 0 aliphatic carbocycles. The van der Waals surface area contributed by atoms with Gasteiger partial charge in [0.1, 0.15) is 5.75 Å². The van der Waals surface area contributed by atoms with Crippen LogP contribution in [0.25, 0.3) is 28.2 Å². The average Bonchev–Trinajstić information content (AvgIpc) is 3.23.